The number of rotatable bonds is 7. The van der Waals surface area contributed by atoms with Crippen LogP contribution in [0.3, 0.4) is 0 Å². The van der Waals surface area contributed by atoms with Crippen LogP contribution in [0.1, 0.15) is 12.5 Å². The molecule has 0 spiro atoms. The molecule has 2 rings (SSSR count). The maximum Gasteiger partial charge on any atom is 0.262 e. The summed E-state index contributed by atoms with van der Waals surface area (Å²) in [6.45, 7) is 1.75. The summed E-state index contributed by atoms with van der Waals surface area (Å²) in [5.41, 5.74) is 4.04. The number of carbonyl (C=O) groups is 1. The standard InChI is InChI=1S/C18H21N3O3/c1-13(20-15-9-5-7-11-17(15)24-3)18(22)21-19-12-14-8-4-6-10-16(14)23-2/h4-13,20H,1-3H3,(H,21,22)/b19-12+. The van der Waals surface area contributed by atoms with E-state index >= 15 is 0 Å². The van der Waals surface area contributed by atoms with Gasteiger partial charge in [0, 0.05) is 5.56 Å². The molecule has 6 nitrogen and oxygen atoms in total. The molecule has 1 amide bonds. The SMILES string of the molecule is COc1ccccc1/C=N/NC(=O)C(C)Nc1ccccc1OC. The number of amides is 1. The molecule has 1 atom stereocenters. The van der Waals surface area contributed by atoms with Crippen molar-refractivity contribution in [3.05, 3.63) is 54.1 Å². The minimum atomic E-state index is -0.476. The van der Waals surface area contributed by atoms with Crippen molar-refractivity contribution in [2.24, 2.45) is 5.10 Å². The van der Waals surface area contributed by atoms with Crippen molar-refractivity contribution >= 4 is 17.8 Å². The third kappa shape index (κ3) is 4.49. The summed E-state index contributed by atoms with van der Waals surface area (Å²) in [5, 5.41) is 7.08. The molecule has 0 bridgehead atoms. The number of hydrazone groups is 1. The average molecular weight is 327 g/mol. The van der Waals surface area contributed by atoms with Crippen LogP contribution in [0.5, 0.6) is 11.5 Å². The van der Waals surface area contributed by atoms with E-state index < -0.39 is 6.04 Å². The molecular formula is C18H21N3O3. The van der Waals surface area contributed by atoms with E-state index in [9.17, 15) is 4.79 Å². The molecule has 2 N–H and O–H groups in total. The quantitative estimate of drug-likeness (QED) is 0.606. The second-order valence-electron chi connectivity index (χ2n) is 5.04. The minimum absolute atomic E-state index is 0.257. The molecule has 0 aliphatic carbocycles. The lowest BCUT2D eigenvalue weighted by atomic mass is 10.2. The molecule has 6 heteroatoms. The summed E-state index contributed by atoms with van der Waals surface area (Å²) >= 11 is 0. The van der Waals surface area contributed by atoms with Crippen LogP contribution in [0.4, 0.5) is 5.69 Å². The summed E-state index contributed by atoms with van der Waals surface area (Å²) in [6, 6.07) is 14.4. The number of hydrogen-bond acceptors (Lipinski definition) is 5. The molecule has 0 saturated heterocycles. The van der Waals surface area contributed by atoms with Crippen LogP contribution in [0.15, 0.2) is 53.6 Å². The van der Waals surface area contributed by atoms with Gasteiger partial charge in [-0.2, -0.15) is 5.10 Å². The topological polar surface area (TPSA) is 72.0 Å². The van der Waals surface area contributed by atoms with Crippen molar-refractivity contribution in [1.29, 1.82) is 0 Å². The third-order valence-corrected chi connectivity index (χ3v) is 3.39. The summed E-state index contributed by atoms with van der Waals surface area (Å²) in [4.78, 5) is 12.1. The molecule has 0 aliphatic rings. The van der Waals surface area contributed by atoms with Crippen LogP contribution in [-0.2, 0) is 4.79 Å². The highest BCUT2D eigenvalue weighted by Gasteiger charge is 2.13. The number of benzene rings is 2. The van der Waals surface area contributed by atoms with E-state index in [0.29, 0.717) is 11.5 Å². The third-order valence-electron chi connectivity index (χ3n) is 3.39. The van der Waals surface area contributed by atoms with E-state index in [4.69, 9.17) is 9.47 Å². The molecular weight excluding hydrogens is 306 g/mol. The zero-order valence-electron chi connectivity index (χ0n) is 13.9. The average Bonchev–Trinajstić information content (AvgIpc) is 2.62. The number of nitrogens with one attached hydrogen (secondary N) is 2. The predicted octanol–water partition coefficient (Wildman–Crippen LogP) is 2.65. The van der Waals surface area contributed by atoms with Crippen molar-refractivity contribution < 1.29 is 14.3 Å². The lowest BCUT2D eigenvalue weighted by molar-refractivity contribution is -0.121. The Bertz CT molecular complexity index is 716. The Labute approximate surface area is 141 Å². The van der Waals surface area contributed by atoms with Crippen molar-refractivity contribution in [2.75, 3.05) is 19.5 Å². The van der Waals surface area contributed by atoms with E-state index in [-0.39, 0.29) is 5.91 Å². The largest absolute Gasteiger partial charge is 0.496 e. The van der Waals surface area contributed by atoms with Crippen molar-refractivity contribution in [3.8, 4) is 11.5 Å². The maximum absolute atomic E-state index is 12.1. The fraction of sp³-hybridized carbons (Fsp3) is 0.222. The Morgan fingerprint density at radius 1 is 1.04 bits per heavy atom. The normalized spacial score (nSPS) is 11.8. The van der Waals surface area contributed by atoms with Crippen LogP contribution in [0.2, 0.25) is 0 Å². The number of nitrogens with zero attached hydrogens (tertiary/aromatic N) is 1. The number of para-hydroxylation sites is 3. The maximum atomic E-state index is 12.1. The number of ether oxygens (including phenoxy) is 2. The predicted molar refractivity (Wildman–Crippen MR) is 94.8 cm³/mol. The van der Waals surface area contributed by atoms with Gasteiger partial charge < -0.3 is 14.8 Å². The molecule has 2 aromatic carbocycles. The fourth-order valence-corrected chi connectivity index (χ4v) is 2.10. The van der Waals surface area contributed by atoms with Gasteiger partial charge in [0.2, 0.25) is 0 Å². The second-order valence-corrected chi connectivity index (χ2v) is 5.04. The lowest BCUT2D eigenvalue weighted by Gasteiger charge is -2.15. The molecule has 1 unspecified atom stereocenters. The summed E-state index contributed by atoms with van der Waals surface area (Å²) in [7, 11) is 3.17. The molecule has 0 aromatic heterocycles. The van der Waals surface area contributed by atoms with Gasteiger partial charge in [-0.15, -0.1) is 0 Å². The van der Waals surface area contributed by atoms with Gasteiger partial charge in [0.05, 0.1) is 26.1 Å². The first-order valence-corrected chi connectivity index (χ1v) is 7.51. The highest BCUT2D eigenvalue weighted by Crippen LogP contribution is 2.23. The first-order valence-electron chi connectivity index (χ1n) is 7.51. The Kier molecular flexibility index (Phi) is 6.19. The first kappa shape index (κ1) is 17.3. The number of hydrogen-bond donors (Lipinski definition) is 2. The van der Waals surface area contributed by atoms with Crippen LogP contribution in [0, 0.1) is 0 Å². The van der Waals surface area contributed by atoms with E-state index in [2.05, 4.69) is 15.8 Å². The van der Waals surface area contributed by atoms with Gasteiger partial charge in [-0.05, 0) is 31.2 Å². The van der Waals surface area contributed by atoms with Gasteiger partial charge in [0.15, 0.2) is 0 Å². The van der Waals surface area contributed by atoms with E-state index in [0.717, 1.165) is 11.3 Å². The Balaban J connectivity index is 1.95. The summed E-state index contributed by atoms with van der Waals surface area (Å²) in [6.07, 6.45) is 1.55. The van der Waals surface area contributed by atoms with Crippen molar-refractivity contribution in [3.63, 3.8) is 0 Å². The second kappa shape index (κ2) is 8.57. The Morgan fingerprint density at radius 2 is 1.67 bits per heavy atom. The highest BCUT2D eigenvalue weighted by molar-refractivity contribution is 5.88. The minimum Gasteiger partial charge on any atom is -0.496 e. The molecule has 24 heavy (non-hydrogen) atoms. The fourth-order valence-electron chi connectivity index (χ4n) is 2.10. The van der Waals surface area contributed by atoms with Crippen LogP contribution in [-0.4, -0.2) is 32.4 Å². The molecule has 2 aromatic rings. The lowest BCUT2D eigenvalue weighted by Crippen LogP contribution is -2.35. The Morgan fingerprint density at radius 3 is 2.38 bits per heavy atom. The number of carbonyl (C=O) groups excluding carboxylic acids is 1. The highest BCUT2D eigenvalue weighted by atomic mass is 16.5. The summed E-state index contributed by atoms with van der Waals surface area (Å²) < 4.78 is 10.5. The zero-order valence-corrected chi connectivity index (χ0v) is 13.9. The van der Waals surface area contributed by atoms with E-state index in [1.165, 1.54) is 0 Å². The molecule has 0 saturated carbocycles. The van der Waals surface area contributed by atoms with Crippen LogP contribution in [0.25, 0.3) is 0 Å². The van der Waals surface area contributed by atoms with Gasteiger partial charge >= 0.3 is 0 Å². The van der Waals surface area contributed by atoms with E-state index in [1.807, 2.05) is 48.5 Å². The van der Waals surface area contributed by atoms with Gasteiger partial charge in [-0.25, -0.2) is 5.43 Å². The smallest absolute Gasteiger partial charge is 0.262 e. The van der Waals surface area contributed by atoms with Crippen LogP contribution >= 0.6 is 0 Å². The van der Waals surface area contributed by atoms with E-state index in [1.54, 1.807) is 27.4 Å². The van der Waals surface area contributed by atoms with Gasteiger partial charge in [-0.1, -0.05) is 24.3 Å². The number of anilines is 1. The Hall–Kier alpha value is -3.02. The number of methoxy groups -OCH3 is 2. The van der Waals surface area contributed by atoms with Gasteiger partial charge in [0.25, 0.3) is 5.91 Å². The monoisotopic (exact) mass is 327 g/mol. The molecule has 0 heterocycles. The van der Waals surface area contributed by atoms with Crippen LogP contribution < -0.4 is 20.2 Å². The molecule has 0 fully saturated rings. The van der Waals surface area contributed by atoms with Gasteiger partial charge in [0.1, 0.15) is 17.5 Å². The zero-order chi connectivity index (χ0) is 17.4. The summed E-state index contributed by atoms with van der Waals surface area (Å²) in [5.74, 6) is 1.11. The molecule has 0 aliphatic heterocycles. The molecule has 0 radical (unpaired) electrons. The molecule has 126 valence electrons. The van der Waals surface area contributed by atoms with Crippen molar-refractivity contribution in [1.82, 2.24) is 5.43 Å². The van der Waals surface area contributed by atoms with Gasteiger partial charge in [-0.3, -0.25) is 4.79 Å². The van der Waals surface area contributed by atoms with Crippen molar-refractivity contribution in [2.45, 2.75) is 13.0 Å². The first-order chi connectivity index (χ1) is 11.7.